The number of hydrogen-bond acceptors (Lipinski definition) is 2. The molecule has 0 heterocycles. The topological polar surface area (TPSA) is 40.5 Å². The van der Waals surface area contributed by atoms with E-state index in [0.717, 1.165) is 31.2 Å². The molecule has 2 rings (SSSR count). The maximum atomic E-state index is 11.1. The van der Waals surface area contributed by atoms with Crippen LogP contribution in [-0.4, -0.2) is 15.8 Å². The molecule has 1 aromatic carbocycles. The second-order valence-electron chi connectivity index (χ2n) is 6.97. The van der Waals surface area contributed by atoms with E-state index in [-0.39, 0.29) is 0 Å². The molecule has 0 aliphatic heterocycles. The van der Waals surface area contributed by atoms with Gasteiger partial charge in [-0.1, -0.05) is 45.4 Å². The molecule has 1 saturated carbocycles. The van der Waals surface area contributed by atoms with E-state index in [0.29, 0.717) is 23.5 Å². The number of aryl methyl sites for hydroxylation is 1. The summed E-state index contributed by atoms with van der Waals surface area (Å²) in [5.74, 6) is 1.84. The Kier molecular flexibility index (Phi) is 4.74. The summed E-state index contributed by atoms with van der Waals surface area (Å²) >= 11 is 0. The molecule has 112 valence electrons. The first-order valence-electron chi connectivity index (χ1n) is 7.91. The highest BCUT2D eigenvalue weighted by molar-refractivity contribution is 5.32. The second-order valence-corrected chi connectivity index (χ2v) is 6.97. The lowest BCUT2D eigenvalue weighted by atomic mass is 9.65. The van der Waals surface area contributed by atoms with Gasteiger partial charge < -0.3 is 10.2 Å². The zero-order valence-corrected chi connectivity index (χ0v) is 13.0. The molecule has 0 bridgehead atoms. The smallest absolute Gasteiger partial charge is 0.118 e. The van der Waals surface area contributed by atoms with Crippen LogP contribution in [0.4, 0.5) is 0 Å². The SMILES string of the molecule is CC(C)[C@@H]1CC[C@@H](C)C[C@@]1(O)CCc1ccccc1O. The first kappa shape index (κ1) is 15.4. The molecule has 0 radical (unpaired) electrons. The van der Waals surface area contributed by atoms with E-state index in [1.54, 1.807) is 6.07 Å². The van der Waals surface area contributed by atoms with Crippen LogP contribution in [-0.2, 0) is 6.42 Å². The lowest BCUT2D eigenvalue weighted by Crippen LogP contribution is -2.45. The zero-order chi connectivity index (χ0) is 14.8. The summed E-state index contributed by atoms with van der Waals surface area (Å²) in [4.78, 5) is 0. The van der Waals surface area contributed by atoms with E-state index in [1.165, 1.54) is 6.42 Å². The third-order valence-electron chi connectivity index (χ3n) is 4.99. The van der Waals surface area contributed by atoms with Gasteiger partial charge in [0.25, 0.3) is 0 Å². The van der Waals surface area contributed by atoms with Crippen LogP contribution in [0.2, 0.25) is 0 Å². The van der Waals surface area contributed by atoms with Crippen LogP contribution in [0.15, 0.2) is 24.3 Å². The number of benzene rings is 1. The number of hydrogen-bond donors (Lipinski definition) is 2. The van der Waals surface area contributed by atoms with Crippen LogP contribution in [0.5, 0.6) is 5.75 Å². The van der Waals surface area contributed by atoms with Crippen molar-refractivity contribution in [2.75, 3.05) is 0 Å². The van der Waals surface area contributed by atoms with Gasteiger partial charge in [0.15, 0.2) is 0 Å². The Morgan fingerprint density at radius 2 is 1.95 bits per heavy atom. The first-order valence-corrected chi connectivity index (χ1v) is 7.91. The van der Waals surface area contributed by atoms with Gasteiger partial charge in [-0.2, -0.15) is 0 Å². The zero-order valence-electron chi connectivity index (χ0n) is 13.0. The summed E-state index contributed by atoms with van der Waals surface area (Å²) in [6.07, 6.45) is 4.73. The van der Waals surface area contributed by atoms with Crippen molar-refractivity contribution in [3.8, 4) is 5.75 Å². The molecule has 1 fully saturated rings. The van der Waals surface area contributed by atoms with Crippen LogP contribution in [0.25, 0.3) is 0 Å². The highest BCUT2D eigenvalue weighted by Crippen LogP contribution is 2.43. The number of phenols is 1. The molecule has 0 spiro atoms. The molecule has 2 nitrogen and oxygen atoms in total. The van der Waals surface area contributed by atoms with Crippen LogP contribution in [0, 0.1) is 17.8 Å². The highest BCUT2D eigenvalue weighted by atomic mass is 16.3. The van der Waals surface area contributed by atoms with E-state index in [4.69, 9.17) is 0 Å². The van der Waals surface area contributed by atoms with Gasteiger partial charge in [-0.25, -0.2) is 0 Å². The molecule has 0 aromatic heterocycles. The fraction of sp³-hybridized carbons (Fsp3) is 0.667. The van der Waals surface area contributed by atoms with Crippen LogP contribution < -0.4 is 0 Å². The van der Waals surface area contributed by atoms with Gasteiger partial charge in [0.1, 0.15) is 5.75 Å². The maximum Gasteiger partial charge on any atom is 0.118 e. The van der Waals surface area contributed by atoms with Gasteiger partial charge >= 0.3 is 0 Å². The lowest BCUT2D eigenvalue weighted by molar-refractivity contribution is -0.0855. The summed E-state index contributed by atoms with van der Waals surface area (Å²) < 4.78 is 0. The van der Waals surface area contributed by atoms with E-state index >= 15 is 0 Å². The van der Waals surface area contributed by atoms with Crippen molar-refractivity contribution in [3.63, 3.8) is 0 Å². The minimum Gasteiger partial charge on any atom is -0.508 e. The molecule has 0 amide bonds. The van der Waals surface area contributed by atoms with Crippen molar-refractivity contribution in [1.82, 2.24) is 0 Å². The quantitative estimate of drug-likeness (QED) is 0.867. The Morgan fingerprint density at radius 3 is 2.60 bits per heavy atom. The van der Waals surface area contributed by atoms with Gasteiger partial charge in [-0.05, 0) is 55.1 Å². The summed E-state index contributed by atoms with van der Waals surface area (Å²) in [5, 5.41) is 21.0. The molecule has 1 aliphatic rings. The summed E-state index contributed by atoms with van der Waals surface area (Å²) in [6, 6.07) is 7.47. The third kappa shape index (κ3) is 3.35. The number of rotatable bonds is 4. The van der Waals surface area contributed by atoms with Gasteiger partial charge in [-0.15, -0.1) is 0 Å². The monoisotopic (exact) mass is 276 g/mol. The molecule has 1 aromatic rings. The summed E-state index contributed by atoms with van der Waals surface area (Å²) in [5.41, 5.74) is 0.371. The normalized spacial score (nSPS) is 30.6. The summed E-state index contributed by atoms with van der Waals surface area (Å²) in [6.45, 7) is 6.67. The molecule has 3 atom stereocenters. The number of para-hydroxylation sites is 1. The van der Waals surface area contributed by atoms with Crippen molar-refractivity contribution < 1.29 is 10.2 Å². The van der Waals surface area contributed by atoms with Crippen molar-refractivity contribution in [1.29, 1.82) is 0 Å². The average molecular weight is 276 g/mol. The molecule has 0 saturated heterocycles. The minimum absolute atomic E-state index is 0.348. The second kappa shape index (κ2) is 6.17. The van der Waals surface area contributed by atoms with Crippen molar-refractivity contribution >= 4 is 0 Å². The standard InChI is InChI=1S/C18H28O2/c1-13(2)16-9-8-14(3)12-18(16,20)11-10-15-6-4-5-7-17(15)19/h4-7,13-14,16,19-20H,8-12H2,1-3H3/t14-,16+,18+/m1/s1. The number of aromatic hydroxyl groups is 1. The highest BCUT2D eigenvalue weighted by Gasteiger charge is 2.42. The Bertz CT molecular complexity index is 441. The van der Waals surface area contributed by atoms with Crippen molar-refractivity contribution in [2.45, 2.75) is 58.5 Å². The van der Waals surface area contributed by atoms with Crippen molar-refractivity contribution in [2.24, 2.45) is 17.8 Å². The van der Waals surface area contributed by atoms with Gasteiger partial charge in [0, 0.05) is 0 Å². The molecule has 0 unspecified atom stereocenters. The van der Waals surface area contributed by atoms with Crippen molar-refractivity contribution in [3.05, 3.63) is 29.8 Å². The predicted octanol–water partition coefficient (Wildman–Crippen LogP) is 4.15. The summed E-state index contributed by atoms with van der Waals surface area (Å²) in [7, 11) is 0. The molecular formula is C18H28O2. The predicted molar refractivity (Wildman–Crippen MR) is 82.7 cm³/mol. The Balaban J connectivity index is 2.09. The largest absolute Gasteiger partial charge is 0.508 e. The van der Waals surface area contributed by atoms with E-state index in [2.05, 4.69) is 20.8 Å². The Hall–Kier alpha value is -1.02. The van der Waals surface area contributed by atoms with E-state index in [9.17, 15) is 10.2 Å². The van der Waals surface area contributed by atoms with Crippen LogP contribution in [0.1, 0.15) is 52.0 Å². The Labute approximate surface area is 122 Å². The minimum atomic E-state index is -0.575. The lowest BCUT2D eigenvalue weighted by Gasteiger charge is -2.45. The average Bonchev–Trinajstić information content (AvgIpc) is 2.37. The van der Waals surface area contributed by atoms with Gasteiger partial charge in [0.2, 0.25) is 0 Å². The van der Waals surface area contributed by atoms with E-state index < -0.39 is 5.60 Å². The Morgan fingerprint density at radius 1 is 1.25 bits per heavy atom. The maximum absolute atomic E-state index is 11.1. The van der Waals surface area contributed by atoms with E-state index in [1.807, 2.05) is 18.2 Å². The van der Waals surface area contributed by atoms with Crippen LogP contribution >= 0.6 is 0 Å². The number of aliphatic hydroxyl groups is 1. The third-order valence-corrected chi connectivity index (χ3v) is 4.99. The molecule has 2 N–H and O–H groups in total. The fourth-order valence-corrected chi connectivity index (χ4v) is 3.90. The molecule has 20 heavy (non-hydrogen) atoms. The molecule has 2 heteroatoms. The number of phenolic OH excluding ortho intramolecular Hbond substituents is 1. The molecular weight excluding hydrogens is 248 g/mol. The first-order chi connectivity index (χ1) is 9.42. The fourth-order valence-electron chi connectivity index (χ4n) is 3.90. The molecule has 1 aliphatic carbocycles. The van der Waals surface area contributed by atoms with Crippen LogP contribution in [0.3, 0.4) is 0 Å². The van der Waals surface area contributed by atoms with Gasteiger partial charge in [-0.3, -0.25) is 0 Å². The van der Waals surface area contributed by atoms with Gasteiger partial charge in [0.05, 0.1) is 5.60 Å².